The van der Waals surface area contributed by atoms with Crippen molar-refractivity contribution < 1.29 is 19.1 Å². The zero-order valence-corrected chi connectivity index (χ0v) is 24.4. The van der Waals surface area contributed by atoms with E-state index >= 15 is 0 Å². The van der Waals surface area contributed by atoms with Gasteiger partial charge in [0, 0.05) is 63.4 Å². The largest absolute Gasteiger partial charge is 0.495 e. The van der Waals surface area contributed by atoms with Crippen molar-refractivity contribution in [1.29, 1.82) is 0 Å². The van der Waals surface area contributed by atoms with E-state index in [1.165, 1.54) is 5.56 Å². The second-order valence-electron chi connectivity index (χ2n) is 10.2. The maximum atomic E-state index is 13.4. The number of nitrogens with one attached hydrogen (secondary N) is 2. The zero-order chi connectivity index (χ0) is 29.0. The van der Waals surface area contributed by atoms with Crippen LogP contribution in [0.3, 0.4) is 0 Å². The number of piperazine rings is 1. The quantitative estimate of drug-likeness (QED) is 0.274. The van der Waals surface area contributed by atoms with Crippen molar-refractivity contribution in [2.24, 2.45) is 0 Å². The van der Waals surface area contributed by atoms with Gasteiger partial charge in [0.15, 0.2) is 0 Å². The lowest BCUT2D eigenvalue weighted by Gasteiger charge is -2.38. The van der Waals surface area contributed by atoms with E-state index in [1.807, 2.05) is 54.6 Å². The fourth-order valence-corrected chi connectivity index (χ4v) is 5.07. The summed E-state index contributed by atoms with van der Waals surface area (Å²) in [5, 5.41) is 6.00. The number of ether oxygens (including phenoxy) is 2. The molecule has 218 valence electrons. The normalized spacial score (nSPS) is 13.1. The van der Waals surface area contributed by atoms with Crippen LogP contribution in [0, 0.1) is 0 Å². The smallest absolute Gasteiger partial charge is 0.255 e. The summed E-state index contributed by atoms with van der Waals surface area (Å²) in [4.78, 5) is 30.9. The van der Waals surface area contributed by atoms with Crippen molar-refractivity contribution in [2.45, 2.75) is 32.6 Å². The number of unbranched alkanes of at least 4 members (excludes halogenated alkanes) is 1. The molecule has 0 spiro atoms. The van der Waals surface area contributed by atoms with Crippen molar-refractivity contribution in [3.8, 4) is 5.75 Å². The third kappa shape index (κ3) is 8.01. The first-order valence-electron chi connectivity index (χ1n) is 14.5. The monoisotopic (exact) mass is 558 g/mol. The Morgan fingerprint density at radius 1 is 0.829 bits per heavy atom. The first kappa shape index (κ1) is 29.9. The number of methoxy groups -OCH3 is 2. The lowest BCUT2D eigenvalue weighted by atomic mass is 10.1. The van der Waals surface area contributed by atoms with Crippen molar-refractivity contribution in [3.05, 3.63) is 83.4 Å². The Balaban J connectivity index is 1.49. The van der Waals surface area contributed by atoms with Gasteiger partial charge in [0.2, 0.25) is 0 Å². The maximum absolute atomic E-state index is 13.4. The zero-order valence-electron chi connectivity index (χ0n) is 24.4. The van der Waals surface area contributed by atoms with Crippen molar-refractivity contribution >= 4 is 28.9 Å². The van der Waals surface area contributed by atoms with E-state index in [2.05, 4.69) is 33.4 Å². The molecule has 0 bridgehead atoms. The molecule has 3 aromatic carbocycles. The minimum atomic E-state index is -0.198. The van der Waals surface area contributed by atoms with Gasteiger partial charge < -0.3 is 29.9 Å². The van der Waals surface area contributed by atoms with Crippen LogP contribution >= 0.6 is 0 Å². The van der Waals surface area contributed by atoms with Gasteiger partial charge >= 0.3 is 0 Å². The molecule has 2 amide bonds. The van der Waals surface area contributed by atoms with Crippen LogP contribution in [0.1, 0.15) is 52.5 Å². The summed E-state index contributed by atoms with van der Waals surface area (Å²) in [5.41, 5.74) is 4.87. The summed E-state index contributed by atoms with van der Waals surface area (Å²) in [6, 6.07) is 21.4. The van der Waals surface area contributed by atoms with Gasteiger partial charge in [0.05, 0.1) is 18.4 Å². The molecule has 1 saturated heterocycles. The molecule has 8 heteroatoms. The van der Waals surface area contributed by atoms with E-state index < -0.39 is 0 Å². The number of amides is 2. The van der Waals surface area contributed by atoms with E-state index in [1.54, 1.807) is 20.3 Å². The maximum Gasteiger partial charge on any atom is 0.255 e. The number of para-hydroxylation sites is 2. The van der Waals surface area contributed by atoms with Crippen molar-refractivity contribution in [2.75, 3.05) is 68.7 Å². The fraction of sp³-hybridized carbons (Fsp3) is 0.394. The summed E-state index contributed by atoms with van der Waals surface area (Å²) in [6.07, 6.45) is 4.00. The number of aryl methyl sites for hydroxylation is 1. The average molecular weight is 559 g/mol. The number of hydrogen-bond acceptors (Lipinski definition) is 6. The Bertz CT molecular complexity index is 1290. The van der Waals surface area contributed by atoms with Gasteiger partial charge in [-0.1, -0.05) is 37.6 Å². The molecule has 0 atom stereocenters. The number of carbonyl (C=O) groups is 2. The van der Waals surface area contributed by atoms with E-state index in [4.69, 9.17) is 9.47 Å². The van der Waals surface area contributed by atoms with E-state index in [9.17, 15) is 9.59 Å². The third-order valence-corrected chi connectivity index (χ3v) is 7.39. The Kier molecular flexibility index (Phi) is 11.0. The minimum absolute atomic E-state index is 0.167. The van der Waals surface area contributed by atoms with Crippen molar-refractivity contribution in [1.82, 2.24) is 5.32 Å². The number of carbonyl (C=O) groups excluding carboxylic acids is 2. The highest BCUT2D eigenvalue weighted by Crippen LogP contribution is 2.31. The highest BCUT2D eigenvalue weighted by atomic mass is 16.5. The summed E-state index contributed by atoms with van der Waals surface area (Å²) in [7, 11) is 3.34. The highest BCUT2D eigenvalue weighted by molar-refractivity contribution is 6.06. The summed E-state index contributed by atoms with van der Waals surface area (Å²) >= 11 is 0. The van der Waals surface area contributed by atoms with E-state index in [-0.39, 0.29) is 11.8 Å². The number of benzene rings is 3. The van der Waals surface area contributed by atoms with Crippen LogP contribution in [-0.4, -0.2) is 65.4 Å². The predicted molar refractivity (Wildman–Crippen MR) is 166 cm³/mol. The number of hydrogen-bond donors (Lipinski definition) is 2. The second kappa shape index (κ2) is 15.1. The van der Waals surface area contributed by atoms with Crippen LogP contribution in [0.2, 0.25) is 0 Å². The topological polar surface area (TPSA) is 83.1 Å². The molecule has 3 aromatic rings. The summed E-state index contributed by atoms with van der Waals surface area (Å²) in [5.74, 6) is 0.490. The van der Waals surface area contributed by atoms with Gasteiger partial charge in [0.1, 0.15) is 5.75 Å². The predicted octanol–water partition coefficient (Wildman–Crippen LogP) is 5.38. The molecular weight excluding hydrogens is 516 g/mol. The van der Waals surface area contributed by atoms with Crippen LogP contribution in [0.25, 0.3) is 0 Å². The Morgan fingerprint density at radius 2 is 1.54 bits per heavy atom. The molecule has 0 aliphatic carbocycles. The lowest BCUT2D eigenvalue weighted by molar-refractivity contribution is 0.0947. The average Bonchev–Trinajstić information content (AvgIpc) is 3.02. The lowest BCUT2D eigenvalue weighted by Crippen LogP contribution is -2.47. The molecule has 1 fully saturated rings. The minimum Gasteiger partial charge on any atom is -0.495 e. The molecule has 0 radical (unpaired) electrons. The molecule has 4 rings (SSSR count). The van der Waals surface area contributed by atoms with E-state index in [0.29, 0.717) is 30.0 Å². The molecule has 41 heavy (non-hydrogen) atoms. The van der Waals surface area contributed by atoms with Gasteiger partial charge in [0.25, 0.3) is 11.8 Å². The molecule has 2 N–H and O–H groups in total. The van der Waals surface area contributed by atoms with Crippen LogP contribution in [-0.2, 0) is 11.2 Å². The highest BCUT2D eigenvalue weighted by Gasteiger charge is 2.24. The first-order chi connectivity index (χ1) is 20.0. The molecule has 8 nitrogen and oxygen atoms in total. The summed E-state index contributed by atoms with van der Waals surface area (Å²) < 4.78 is 10.7. The van der Waals surface area contributed by atoms with Crippen molar-refractivity contribution in [3.63, 3.8) is 0 Å². The molecule has 1 heterocycles. The molecule has 1 aliphatic heterocycles. The van der Waals surface area contributed by atoms with Gasteiger partial charge in [-0.15, -0.1) is 0 Å². The molecule has 1 aliphatic rings. The van der Waals surface area contributed by atoms with Gasteiger partial charge in [-0.05, 0) is 67.3 Å². The Labute approximate surface area is 243 Å². The van der Waals surface area contributed by atoms with E-state index in [0.717, 1.165) is 69.0 Å². The number of nitrogens with zero attached hydrogens (tertiary/aromatic N) is 2. The van der Waals surface area contributed by atoms with Crippen LogP contribution in [0.15, 0.2) is 66.7 Å². The number of rotatable bonds is 13. The van der Waals surface area contributed by atoms with Crippen LogP contribution in [0.5, 0.6) is 5.75 Å². The SMILES string of the molecule is CCCCc1ccc(C(=O)Nc2ccc(N3CCN(c4ccccc4OC)CC3)c(C(=O)NCCCOC)c2)cc1. The Morgan fingerprint density at radius 3 is 2.22 bits per heavy atom. The first-order valence-corrected chi connectivity index (χ1v) is 14.5. The number of anilines is 3. The van der Waals surface area contributed by atoms with Crippen LogP contribution in [0.4, 0.5) is 17.1 Å². The summed E-state index contributed by atoms with van der Waals surface area (Å²) in [6.45, 7) is 6.34. The van der Waals surface area contributed by atoms with Crippen LogP contribution < -0.4 is 25.2 Å². The van der Waals surface area contributed by atoms with Gasteiger partial charge in [-0.2, -0.15) is 0 Å². The molecular formula is C33H42N4O4. The molecule has 0 aromatic heterocycles. The fourth-order valence-electron chi connectivity index (χ4n) is 5.07. The third-order valence-electron chi connectivity index (χ3n) is 7.39. The molecule has 0 saturated carbocycles. The molecule has 0 unspecified atom stereocenters. The standard InChI is InChI=1S/C33H42N4O4/c1-4-5-9-25-12-14-26(15-13-25)32(38)35-27-16-17-29(28(24-27)33(39)34-18-8-23-40-2)36-19-21-37(22-20-36)30-10-6-7-11-31(30)41-3/h6-7,10-17,24H,4-5,8-9,18-23H2,1-3H3,(H,34,39)(H,35,38). The van der Waals surface area contributed by atoms with Gasteiger partial charge in [-0.3, -0.25) is 9.59 Å². The second-order valence-corrected chi connectivity index (χ2v) is 10.2. The Hall–Kier alpha value is -4.04. The van der Waals surface area contributed by atoms with Gasteiger partial charge in [-0.25, -0.2) is 0 Å².